The summed E-state index contributed by atoms with van der Waals surface area (Å²) in [5.41, 5.74) is 5.81. The molecule has 13 heavy (non-hydrogen) atoms. The molecule has 0 unspecified atom stereocenters. The lowest BCUT2D eigenvalue weighted by molar-refractivity contribution is -0.146. The maximum atomic E-state index is 11.2. The molecule has 0 aromatic heterocycles. The number of methoxy groups -OCH3 is 1. The average molecular weight is 185 g/mol. The number of carbonyl (C=O) groups excluding carboxylic acids is 1. The molecule has 1 rings (SSSR count). The molecule has 0 bridgehead atoms. The Kier molecular flexibility index (Phi) is 3.72. The highest BCUT2D eigenvalue weighted by Crippen LogP contribution is 2.30. The van der Waals surface area contributed by atoms with Crippen LogP contribution >= 0.6 is 0 Å². The van der Waals surface area contributed by atoms with Gasteiger partial charge in [-0.25, -0.2) is 0 Å². The van der Waals surface area contributed by atoms with Gasteiger partial charge in [-0.05, 0) is 38.5 Å². The largest absolute Gasteiger partial charge is 0.469 e. The summed E-state index contributed by atoms with van der Waals surface area (Å²) in [5, 5.41) is 0. The highest BCUT2D eigenvalue weighted by atomic mass is 16.5. The second-order valence-electron chi connectivity index (χ2n) is 3.99. The minimum atomic E-state index is -0.0527. The van der Waals surface area contributed by atoms with E-state index in [9.17, 15) is 4.79 Å². The molecule has 0 aliphatic heterocycles. The fraction of sp³-hybridized carbons (Fsp3) is 0.900. The first kappa shape index (κ1) is 10.5. The van der Waals surface area contributed by atoms with Gasteiger partial charge in [-0.3, -0.25) is 4.79 Å². The van der Waals surface area contributed by atoms with E-state index >= 15 is 0 Å². The maximum Gasteiger partial charge on any atom is 0.308 e. The van der Waals surface area contributed by atoms with Crippen LogP contribution in [0.2, 0.25) is 0 Å². The maximum absolute atomic E-state index is 11.2. The van der Waals surface area contributed by atoms with Crippen LogP contribution < -0.4 is 5.73 Å². The van der Waals surface area contributed by atoms with Gasteiger partial charge in [-0.1, -0.05) is 0 Å². The molecule has 76 valence electrons. The fourth-order valence-corrected chi connectivity index (χ4v) is 2.05. The molecule has 1 aliphatic rings. The van der Waals surface area contributed by atoms with Crippen LogP contribution in [0.4, 0.5) is 0 Å². The predicted molar refractivity (Wildman–Crippen MR) is 51.1 cm³/mol. The number of esters is 1. The topological polar surface area (TPSA) is 52.3 Å². The average Bonchev–Trinajstić information content (AvgIpc) is 2.17. The third kappa shape index (κ3) is 2.69. The minimum absolute atomic E-state index is 0.0527. The van der Waals surface area contributed by atoms with Crippen molar-refractivity contribution in [2.45, 2.75) is 38.6 Å². The molecule has 0 aromatic carbocycles. The summed E-state index contributed by atoms with van der Waals surface area (Å²) in [6.45, 7) is 2.04. The highest BCUT2D eigenvalue weighted by molar-refractivity contribution is 5.72. The zero-order chi connectivity index (χ0) is 9.84. The molecule has 0 amide bonds. The molecule has 1 atom stereocenters. The Morgan fingerprint density at radius 1 is 1.38 bits per heavy atom. The zero-order valence-electron chi connectivity index (χ0n) is 8.45. The van der Waals surface area contributed by atoms with Crippen molar-refractivity contribution in [3.05, 3.63) is 0 Å². The molecule has 1 saturated carbocycles. The van der Waals surface area contributed by atoms with Crippen LogP contribution in [0.1, 0.15) is 32.6 Å². The van der Waals surface area contributed by atoms with Gasteiger partial charge >= 0.3 is 5.97 Å². The highest BCUT2D eigenvalue weighted by Gasteiger charge is 2.28. The number of carbonyl (C=O) groups is 1. The van der Waals surface area contributed by atoms with Gasteiger partial charge in [0.2, 0.25) is 0 Å². The monoisotopic (exact) mass is 185 g/mol. The van der Waals surface area contributed by atoms with Crippen LogP contribution in [0.3, 0.4) is 0 Å². The number of ether oxygens (including phenoxy) is 1. The summed E-state index contributed by atoms with van der Waals surface area (Å²) in [6.07, 6.45) is 4.02. The molecular weight excluding hydrogens is 166 g/mol. The Bertz CT molecular complexity index is 172. The second-order valence-corrected chi connectivity index (χ2v) is 3.99. The van der Waals surface area contributed by atoms with Crippen molar-refractivity contribution in [3.8, 4) is 0 Å². The molecule has 0 aromatic rings. The molecule has 0 radical (unpaired) electrons. The van der Waals surface area contributed by atoms with Gasteiger partial charge in [0.25, 0.3) is 0 Å². The quantitative estimate of drug-likeness (QED) is 0.660. The van der Waals surface area contributed by atoms with E-state index in [0.717, 1.165) is 25.7 Å². The number of hydrogen-bond acceptors (Lipinski definition) is 3. The van der Waals surface area contributed by atoms with Gasteiger partial charge in [-0.2, -0.15) is 0 Å². The Morgan fingerprint density at radius 2 is 1.92 bits per heavy atom. The fourth-order valence-electron chi connectivity index (χ4n) is 2.05. The van der Waals surface area contributed by atoms with Crippen LogP contribution in [-0.4, -0.2) is 19.1 Å². The van der Waals surface area contributed by atoms with E-state index in [2.05, 4.69) is 0 Å². The van der Waals surface area contributed by atoms with Crippen molar-refractivity contribution in [2.75, 3.05) is 7.11 Å². The first-order valence-electron chi connectivity index (χ1n) is 4.98. The second kappa shape index (κ2) is 4.61. The molecule has 1 fully saturated rings. The smallest absolute Gasteiger partial charge is 0.308 e. The summed E-state index contributed by atoms with van der Waals surface area (Å²) in [6, 6.07) is 0.263. The molecular formula is C10H19NO2. The van der Waals surface area contributed by atoms with E-state index in [1.165, 1.54) is 7.11 Å². The van der Waals surface area contributed by atoms with E-state index in [1.54, 1.807) is 0 Å². The number of rotatable bonds is 2. The molecule has 0 heterocycles. The van der Waals surface area contributed by atoms with Crippen molar-refractivity contribution in [3.63, 3.8) is 0 Å². The molecule has 1 aliphatic carbocycles. The van der Waals surface area contributed by atoms with Crippen LogP contribution in [-0.2, 0) is 9.53 Å². The zero-order valence-corrected chi connectivity index (χ0v) is 8.45. The summed E-state index contributed by atoms with van der Waals surface area (Å²) in [4.78, 5) is 11.2. The van der Waals surface area contributed by atoms with E-state index in [-0.39, 0.29) is 17.9 Å². The predicted octanol–water partition coefficient (Wildman–Crippen LogP) is 1.31. The van der Waals surface area contributed by atoms with Gasteiger partial charge in [0.15, 0.2) is 0 Å². The van der Waals surface area contributed by atoms with Crippen LogP contribution in [0, 0.1) is 11.8 Å². The standard InChI is InChI=1S/C10H19NO2/c1-7(11)8-3-5-9(6-4-8)10(12)13-2/h7-9H,3-6,11H2,1-2H3/t7-,8?,9?/m1/s1. The SMILES string of the molecule is COC(=O)C1CCC([C@@H](C)N)CC1. The van der Waals surface area contributed by atoms with E-state index in [0.29, 0.717) is 5.92 Å². The van der Waals surface area contributed by atoms with Crippen LogP contribution in [0.5, 0.6) is 0 Å². The normalized spacial score (nSPS) is 31.0. The van der Waals surface area contributed by atoms with E-state index in [1.807, 2.05) is 6.92 Å². The molecule has 3 heteroatoms. The first-order chi connectivity index (χ1) is 6.15. The third-order valence-corrected chi connectivity index (χ3v) is 3.05. The lowest BCUT2D eigenvalue weighted by atomic mass is 9.79. The van der Waals surface area contributed by atoms with Gasteiger partial charge in [-0.15, -0.1) is 0 Å². The molecule has 3 nitrogen and oxygen atoms in total. The lowest BCUT2D eigenvalue weighted by Gasteiger charge is -2.29. The van der Waals surface area contributed by atoms with Crippen LogP contribution in [0.25, 0.3) is 0 Å². The minimum Gasteiger partial charge on any atom is -0.469 e. The number of hydrogen-bond donors (Lipinski definition) is 1. The van der Waals surface area contributed by atoms with Gasteiger partial charge in [0.1, 0.15) is 0 Å². The van der Waals surface area contributed by atoms with Crippen molar-refractivity contribution in [1.29, 1.82) is 0 Å². The van der Waals surface area contributed by atoms with Gasteiger partial charge < -0.3 is 10.5 Å². The summed E-state index contributed by atoms with van der Waals surface area (Å²) in [5.74, 6) is 0.670. The van der Waals surface area contributed by atoms with Crippen LogP contribution in [0.15, 0.2) is 0 Å². The summed E-state index contributed by atoms with van der Waals surface area (Å²) >= 11 is 0. The Morgan fingerprint density at radius 3 is 2.31 bits per heavy atom. The van der Waals surface area contributed by atoms with Gasteiger partial charge in [0.05, 0.1) is 13.0 Å². The first-order valence-corrected chi connectivity index (χ1v) is 4.98. The third-order valence-electron chi connectivity index (χ3n) is 3.05. The van der Waals surface area contributed by atoms with E-state index < -0.39 is 0 Å². The van der Waals surface area contributed by atoms with Crippen molar-refractivity contribution in [1.82, 2.24) is 0 Å². The Balaban J connectivity index is 2.34. The molecule has 0 saturated heterocycles. The molecule has 2 N–H and O–H groups in total. The number of nitrogens with two attached hydrogens (primary N) is 1. The van der Waals surface area contributed by atoms with Gasteiger partial charge in [0, 0.05) is 6.04 Å². The summed E-state index contributed by atoms with van der Waals surface area (Å²) < 4.78 is 4.72. The van der Waals surface area contributed by atoms with Crippen molar-refractivity contribution in [2.24, 2.45) is 17.6 Å². The summed E-state index contributed by atoms with van der Waals surface area (Å²) in [7, 11) is 1.46. The van der Waals surface area contributed by atoms with Crippen molar-refractivity contribution >= 4 is 5.97 Å². The molecule has 0 spiro atoms. The Hall–Kier alpha value is -0.570. The Labute approximate surface area is 79.6 Å². The lowest BCUT2D eigenvalue weighted by Crippen LogP contribution is -2.32. The van der Waals surface area contributed by atoms with Crippen molar-refractivity contribution < 1.29 is 9.53 Å². The van der Waals surface area contributed by atoms with E-state index in [4.69, 9.17) is 10.5 Å².